The van der Waals surface area contributed by atoms with Crippen LogP contribution in [0.25, 0.3) is 0 Å². The first-order chi connectivity index (χ1) is 9.08. The molecule has 2 aliphatic heterocycles. The summed E-state index contributed by atoms with van der Waals surface area (Å²) in [4.78, 5) is 14.7. The van der Waals surface area contributed by atoms with Gasteiger partial charge in [-0.15, -0.1) is 0 Å². The first-order valence-electron chi connectivity index (χ1n) is 8.08. The summed E-state index contributed by atoms with van der Waals surface area (Å²) in [5.74, 6) is 2.27. The van der Waals surface area contributed by atoms with Crippen LogP contribution in [0.4, 0.5) is 0 Å². The Bertz CT molecular complexity index is 299. The lowest BCUT2D eigenvalue weighted by atomic mass is 9.84. The van der Waals surface area contributed by atoms with E-state index in [2.05, 4.69) is 31.0 Å². The van der Waals surface area contributed by atoms with Crippen LogP contribution in [0.3, 0.4) is 0 Å². The van der Waals surface area contributed by atoms with Gasteiger partial charge in [0.25, 0.3) is 0 Å². The monoisotopic (exact) mass is 266 g/mol. The lowest BCUT2D eigenvalue weighted by Crippen LogP contribution is -2.46. The molecule has 4 atom stereocenters. The number of carbonyl (C=O) groups excluding carboxylic acids is 1. The SMILES string of the molecule is CC1CCC(C)N(C(=O)CC(C)C2CCCNC2)C1. The molecule has 2 rings (SSSR count). The first-order valence-corrected chi connectivity index (χ1v) is 8.08. The van der Waals surface area contributed by atoms with Crippen molar-refractivity contribution in [1.82, 2.24) is 10.2 Å². The molecule has 2 heterocycles. The van der Waals surface area contributed by atoms with Crippen molar-refractivity contribution in [3.63, 3.8) is 0 Å². The van der Waals surface area contributed by atoms with E-state index in [1.54, 1.807) is 0 Å². The summed E-state index contributed by atoms with van der Waals surface area (Å²) in [5.41, 5.74) is 0. The average molecular weight is 266 g/mol. The van der Waals surface area contributed by atoms with E-state index in [4.69, 9.17) is 0 Å². The third kappa shape index (κ3) is 3.95. The second-order valence-corrected chi connectivity index (χ2v) is 6.87. The summed E-state index contributed by atoms with van der Waals surface area (Å²) in [5, 5.41) is 3.46. The van der Waals surface area contributed by atoms with Gasteiger partial charge >= 0.3 is 0 Å². The molecule has 0 aromatic rings. The highest BCUT2D eigenvalue weighted by molar-refractivity contribution is 5.76. The quantitative estimate of drug-likeness (QED) is 0.852. The fourth-order valence-electron chi connectivity index (χ4n) is 3.56. The number of hydrogen-bond donors (Lipinski definition) is 1. The summed E-state index contributed by atoms with van der Waals surface area (Å²) < 4.78 is 0. The Morgan fingerprint density at radius 1 is 1.32 bits per heavy atom. The van der Waals surface area contributed by atoms with Gasteiger partial charge in [-0.05, 0) is 63.5 Å². The number of piperidine rings is 2. The van der Waals surface area contributed by atoms with Crippen LogP contribution in [-0.4, -0.2) is 36.5 Å². The Labute approximate surface area is 118 Å². The van der Waals surface area contributed by atoms with Crippen molar-refractivity contribution < 1.29 is 4.79 Å². The molecule has 4 unspecified atom stereocenters. The van der Waals surface area contributed by atoms with Crippen LogP contribution in [0.2, 0.25) is 0 Å². The van der Waals surface area contributed by atoms with E-state index < -0.39 is 0 Å². The molecule has 0 bridgehead atoms. The van der Waals surface area contributed by atoms with Gasteiger partial charge in [0.15, 0.2) is 0 Å². The van der Waals surface area contributed by atoms with Crippen LogP contribution in [0.15, 0.2) is 0 Å². The number of nitrogens with one attached hydrogen (secondary N) is 1. The van der Waals surface area contributed by atoms with E-state index in [9.17, 15) is 4.79 Å². The summed E-state index contributed by atoms with van der Waals surface area (Å²) >= 11 is 0. The normalized spacial score (nSPS) is 34.1. The van der Waals surface area contributed by atoms with Gasteiger partial charge in [0.05, 0.1) is 0 Å². The number of nitrogens with zero attached hydrogens (tertiary/aromatic N) is 1. The fourth-order valence-corrected chi connectivity index (χ4v) is 3.56. The van der Waals surface area contributed by atoms with Gasteiger partial charge in [-0.1, -0.05) is 13.8 Å². The molecule has 2 aliphatic rings. The first kappa shape index (κ1) is 14.8. The molecule has 0 radical (unpaired) electrons. The lowest BCUT2D eigenvalue weighted by Gasteiger charge is -2.38. The Morgan fingerprint density at radius 2 is 2.11 bits per heavy atom. The largest absolute Gasteiger partial charge is 0.340 e. The molecule has 1 N–H and O–H groups in total. The van der Waals surface area contributed by atoms with Gasteiger partial charge in [0.1, 0.15) is 0 Å². The minimum atomic E-state index is 0.386. The van der Waals surface area contributed by atoms with E-state index in [1.165, 1.54) is 25.7 Å². The van der Waals surface area contributed by atoms with Gasteiger partial charge in [-0.3, -0.25) is 4.79 Å². The number of amides is 1. The molecule has 0 aliphatic carbocycles. The third-order valence-electron chi connectivity index (χ3n) is 5.07. The van der Waals surface area contributed by atoms with Crippen LogP contribution >= 0.6 is 0 Å². The van der Waals surface area contributed by atoms with E-state index in [0.29, 0.717) is 29.7 Å². The summed E-state index contributed by atoms with van der Waals surface area (Å²) in [6.45, 7) is 9.94. The second kappa shape index (κ2) is 6.74. The molecule has 2 saturated heterocycles. The lowest BCUT2D eigenvalue weighted by molar-refractivity contribution is -0.136. The van der Waals surface area contributed by atoms with Crippen LogP contribution in [0.1, 0.15) is 52.9 Å². The molecule has 0 spiro atoms. The minimum Gasteiger partial charge on any atom is -0.340 e. The van der Waals surface area contributed by atoms with Crippen LogP contribution in [0, 0.1) is 17.8 Å². The standard InChI is InChI=1S/C16H30N2O/c1-12-6-7-14(3)18(11-12)16(19)9-13(2)15-5-4-8-17-10-15/h12-15,17H,4-11H2,1-3H3. The maximum Gasteiger partial charge on any atom is 0.223 e. The van der Waals surface area contributed by atoms with Crippen LogP contribution < -0.4 is 5.32 Å². The van der Waals surface area contributed by atoms with E-state index in [0.717, 1.165) is 26.1 Å². The Kier molecular flexibility index (Phi) is 5.26. The molecule has 1 amide bonds. The second-order valence-electron chi connectivity index (χ2n) is 6.87. The zero-order chi connectivity index (χ0) is 13.8. The van der Waals surface area contributed by atoms with E-state index >= 15 is 0 Å². The Balaban J connectivity index is 1.85. The topological polar surface area (TPSA) is 32.3 Å². The molecule has 19 heavy (non-hydrogen) atoms. The predicted molar refractivity (Wildman–Crippen MR) is 78.9 cm³/mol. The molecule has 3 heteroatoms. The minimum absolute atomic E-state index is 0.386. The molecule has 0 aromatic carbocycles. The highest BCUT2D eigenvalue weighted by atomic mass is 16.2. The highest BCUT2D eigenvalue weighted by Gasteiger charge is 2.29. The smallest absolute Gasteiger partial charge is 0.223 e. The van der Waals surface area contributed by atoms with Gasteiger partial charge < -0.3 is 10.2 Å². The number of carbonyl (C=O) groups is 1. The summed E-state index contributed by atoms with van der Waals surface area (Å²) in [6.07, 6.45) is 5.73. The maximum absolute atomic E-state index is 12.5. The highest BCUT2D eigenvalue weighted by Crippen LogP contribution is 2.26. The number of rotatable bonds is 3. The van der Waals surface area contributed by atoms with Crippen molar-refractivity contribution in [3.05, 3.63) is 0 Å². The number of likely N-dealkylation sites (tertiary alicyclic amines) is 1. The Morgan fingerprint density at radius 3 is 2.79 bits per heavy atom. The van der Waals surface area contributed by atoms with Crippen LogP contribution in [0.5, 0.6) is 0 Å². The van der Waals surface area contributed by atoms with Crippen molar-refractivity contribution in [2.45, 2.75) is 58.9 Å². The van der Waals surface area contributed by atoms with Gasteiger partial charge in [-0.2, -0.15) is 0 Å². The van der Waals surface area contributed by atoms with Crippen molar-refractivity contribution >= 4 is 5.91 Å². The van der Waals surface area contributed by atoms with Crippen LogP contribution in [-0.2, 0) is 4.79 Å². The maximum atomic E-state index is 12.5. The average Bonchev–Trinajstić information content (AvgIpc) is 2.42. The van der Waals surface area contributed by atoms with Gasteiger partial charge in [0.2, 0.25) is 5.91 Å². The van der Waals surface area contributed by atoms with Crippen molar-refractivity contribution in [2.24, 2.45) is 17.8 Å². The van der Waals surface area contributed by atoms with Crippen molar-refractivity contribution in [2.75, 3.05) is 19.6 Å². The fraction of sp³-hybridized carbons (Fsp3) is 0.938. The zero-order valence-electron chi connectivity index (χ0n) is 12.8. The molecule has 0 aromatic heterocycles. The zero-order valence-corrected chi connectivity index (χ0v) is 12.8. The summed E-state index contributed by atoms with van der Waals surface area (Å²) in [6, 6.07) is 0.445. The van der Waals surface area contributed by atoms with Crippen molar-refractivity contribution in [1.29, 1.82) is 0 Å². The third-order valence-corrected chi connectivity index (χ3v) is 5.07. The molecule has 3 nitrogen and oxygen atoms in total. The molecular weight excluding hydrogens is 236 g/mol. The molecular formula is C16H30N2O. The van der Waals surface area contributed by atoms with Gasteiger partial charge in [0, 0.05) is 19.0 Å². The summed E-state index contributed by atoms with van der Waals surface area (Å²) in [7, 11) is 0. The Hall–Kier alpha value is -0.570. The van der Waals surface area contributed by atoms with E-state index in [-0.39, 0.29) is 0 Å². The molecule has 110 valence electrons. The van der Waals surface area contributed by atoms with Crippen molar-refractivity contribution in [3.8, 4) is 0 Å². The van der Waals surface area contributed by atoms with Gasteiger partial charge in [-0.25, -0.2) is 0 Å². The molecule has 2 fully saturated rings. The predicted octanol–water partition coefficient (Wildman–Crippen LogP) is 2.66. The molecule has 0 saturated carbocycles. The number of hydrogen-bond acceptors (Lipinski definition) is 2. The van der Waals surface area contributed by atoms with E-state index in [1.807, 2.05) is 0 Å².